The maximum absolute atomic E-state index is 13.5. The van der Waals surface area contributed by atoms with E-state index in [2.05, 4.69) is 25.9 Å². The van der Waals surface area contributed by atoms with Crippen LogP contribution < -0.4 is 5.73 Å². The summed E-state index contributed by atoms with van der Waals surface area (Å²) in [7, 11) is 0. The van der Waals surface area contributed by atoms with Crippen molar-refractivity contribution in [3.8, 4) is 11.1 Å². The first-order valence-electron chi connectivity index (χ1n) is 6.13. The molecule has 2 N–H and O–H groups in total. The van der Waals surface area contributed by atoms with Crippen LogP contribution in [0.25, 0.3) is 22.0 Å². The average Bonchev–Trinajstić information content (AvgIpc) is 2.42. The number of nitrogen functional groups attached to an aromatic ring is 1. The number of pyridine rings is 2. The van der Waals surface area contributed by atoms with Crippen molar-refractivity contribution in [3.63, 3.8) is 0 Å². The van der Waals surface area contributed by atoms with Crippen LogP contribution in [0.3, 0.4) is 0 Å². The molecule has 3 nitrogen and oxygen atoms in total. The van der Waals surface area contributed by atoms with Crippen LogP contribution in [-0.2, 0) is 0 Å². The van der Waals surface area contributed by atoms with Crippen LogP contribution in [0.1, 0.15) is 5.69 Å². The van der Waals surface area contributed by atoms with Gasteiger partial charge in [0.05, 0.1) is 11.2 Å². The van der Waals surface area contributed by atoms with E-state index in [1.165, 1.54) is 6.07 Å². The molecule has 0 aliphatic rings. The van der Waals surface area contributed by atoms with Crippen LogP contribution in [0.4, 0.5) is 10.1 Å². The molecule has 0 atom stereocenters. The van der Waals surface area contributed by atoms with Crippen LogP contribution in [0.2, 0.25) is 5.15 Å². The maximum atomic E-state index is 13.5. The molecular weight excluding hydrogens is 357 g/mol. The number of nitrogens with two attached hydrogens (primary N) is 1. The van der Waals surface area contributed by atoms with E-state index in [1.807, 2.05) is 13.0 Å². The molecule has 0 unspecified atom stereocenters. The van der Waals surface area contributed by atoms with Crippen molar-refractivity contribution in [1.29, 1.82) is 0 Å². The van der Waals surface area contributed by atoms with Crippen molar-refractivity contribution < 1.29 is 4.39 Å². The molecular formula is C15H10BrClFN3. The number of aromatic nitrogens is 2. The van der Waals surface area contributed by atoms with Gasteiger partial charge in [-0.1, -0.05) is 27.5 Å². The van der Waals surface area contributed by atoms with Gasteiger partial charge in [-0.25, -0.2) is 9.37 Å². The van der Waals surface area contributed by atoms with Crippen LogP contribution in [-0.4, -0.2) is 9.97 Å². The fourth-order valence-corrected chi connectivity index (χ4v) is 2.87. The number of halogens is 3. The van der Waals surface area contributed by atoms with Gasteiger partial charge in [0, 0.05) is 33.4 Å². The lowest BCUT2D eigenvalue weighted by atomic mass is 10.0. The van der Waals surface area contributed by atoms with Gasteiger partial charge in [-0.3, -0.25) is 4.98 Å². The minimum atomic E-state index is -0.453. The van der Waals surface area contributed by atoms with Crippen LogP contribution in [0, 0.1) is 12.7 Å². The molecule has 6 heteroatoms. The number of rotatable bonds is 1. The average molecular weight is 367 g/mol. The minimum absolute atomic E-state index is 0.0990. The van der Waals surface area contributed by atoms with Crippen molar-refractivity contribution in [2.75, 3.05) is 5.73 Å². The predicted octanol–water partition coefficient (Wildman–Crippen LogP) is 4.74. The molecule has 3 rings (SSSR count). The number of nitrogens with zero attached hydrogens (tertiary/aromatic N) is 2. The number of hydrogen-bond acceptors (Lipinski definition) is 3. The molecule has 2 aromatic heterocycles. The Morgan fingerprint density at radius 1 is 1.19 bits per heavy atom. The maximum Gasteiger partial charge on any atom is 0.147 e. The molecule has 3 aromatic rings. The molecule has 0 saturated heterocycles. The second kappa shape index (κ2) is 5.24. The van der Waals surface area contributed by atoms with Gasteiger partial charge in [0.1, 0.15) is 11.0 Å². The Kier molecular flexibility index (Phi) is 3.55. The van der Waals surface area contributed by atoms with E-state index in [-0.39, 0.29) is 5.69 Å². The zero-order valence-electron chi connectivity index (χ0n) is 11.0. The predicted molar refractivity (Wildman–Crippen MR) is 86.8 cm³/mol. The highest BCUT2D eigenvalue weighted by Crippen LogP contribution is 2.34. The van der Waals surface area contributed by atoms with Crippen LogP contribution >= 0.6 is 27.5 Å². The van der Waals surface area contributed by atoms with E-state index >= 15 is 0 Å². The van der Waals surface area contributed by atoms with Gasteiger partial charge in [-0.2, -0.15) is 0 Å². The minimum Gasteiger partial charge on any atom is -0.396 e. The van der Waals surface area contributed by atoms with Gasteiger partial charge in [0.2, 0.25) is 0 Å². The summed E-state index contributed by atoms with van der Waals surface area (Å²) < 4.78 is 14.1. The molecule has 0 aliphatic carbocycles. The van der Waals surface area contributed by atoms with E-state index in [4.69, 9.17) is 17.3 Å². The fraction of sp³-hybridized carbons (Fsp3) is 0.0667. The van der Waals surface area contributed by atoms with E-state index in [0.29, 0.717) is 9.63 Å². The van der Waals surface area contributed by atoms with E-state index in [0.717, 1.165) is 27.7 Å². The molecule has 0 bridgehead atoms. The summed E-state index contributed by atoms with van der Waals surface area (Å²) in [5.41, 5.74) is 8.98. The zero-order valence-corrected chi connectivity index (χ0v) is 13.3. The lowest BCUT2D eigenvalue weighted by molar-refractivity contribution is 0.632. The summed E-state index contributed by atoms with van der Waals surface area (Å²) in [5.74, 6) is -0.453. The van der Waals surface area contributed by atoms with Gasteiger partial charge in [-0.05, 0) is 30.7 Å². The van der Waals surface area contributed by atoms with Gasteiger partial charge in [0.15, 0.2) is 0 Å². The van der Waals surface area contributed by atoms with E-state index in [9.17, 15) is 4.39 Å². The molecule has 0 aliphatic heterocycles. The molecule has 0 amide bonds. The Labute approximate surface area is 134 Å². The number of anilines is 1. The van der Waals surface area contributed by atoms with Gasteiger partial charge >= 0.3 is 0 Å². The lowest BCUT2D eigenvalue weighted by Gasteiger charge is -2.11. The largest absolute Gasteiger partial charge is 0.396 e. The summed E-state index contributed by atoms with van der Waals surface area (Å²) in [6.07, 6.45) is 1.66. The van der Waals surface area contributed by atoms with Crippen molar-refractivity contribution in [2.24, 2.45) is 0 Å². The van der Waals surface area contributed by atoms with Crippen molar-refractivity contribution in [2.45, 2.75) is 6.92 Å². The quantitative estimate of drug-likeness (QED) is 0.500. The Bertz CT molecular complexity index is 867. The molecule has 0 spiro atoms. The molecule has 21 heavy (non-hydrogen) atoms. The number of aryl methyl sites for hydroxylation is 1. The van der Waals surface area contributed by atoms with E-state index in [1.54, 1.807) is 18.3 Å². The third-order valence-corrected chi connectivity index (χ3v) is 4.10. The van der Waals surface area contributed by atoms with Gasteiger partial charge < -0.3 is 5.73 Å². The fourth-order valence-electron chi connectivity index (χ4n) is 2.18. The SMILES string of the molecule is Cc1nc2cc(Cl)ncc2cc1-c1cc(N)c(F)cc1Br. The number of benzene rings is 1. The molecule has 0 saturated carbocycles. The highest BCUT2D eigenvalue weighted by atomic mass is 79.9. The first kappa shape index (κ1) is 14.2. The summed E-state index contributed by atoms with van der Waals surface area (Å²) in [4.78, 5) is 8.58. The molecule has 2 heterocycles. The van der Waals surface area contributed by atoms with Crippen molar-refractivity contribution in [1.82, 2.24) is 9.97 Å². The lowest BCUT2D eigenvalue weighted by Crippen LogP contribution is -1.95. The van der Waals surface area contributed by atoms with Gasteiger partial charge in [-0.15, -0.1) is 0 Å². The molecule has 1 aromatic carbocycles. The third kappa shape index (κ3) is 2.59. The van der Waals surface area contributed by atoms with E-state index < -0.39 is 5.82 Å². The zero-order chi connectivity index (χ0) is 15.1. The Balaban J connectivity index is 2.27. The number of hydrogen-bond donors (Lipinski definition) is 1. The highest BCUT2D eigenvalue weighted by molar-refractivity contribution is 9.10. The summed E-state index contributed by atoms with van der Waals surface area (Å²) in [6.45, 7) is 1.88. The van der Waals surface area contributed by atoms with Crippen LogP contribution in [0.15, 0.2) is 34.9 Å². The summed E-state index contributed by atoms with van der Waals surface area (Å²) in [5, 5.41) is 1.25. The van der Waals surface area contributed by atoms with Gasteiger partial charge in [0.25, 0.3) is 0 Å². The standard InChI is InChI=1S/C15H10BrClFN3/c1-7-9(10-3-13(19)12(18)4-11(10)16)2-8-6-20-15(17)5-14(8)21-7/h2-6H,19H2,1H3. The Morgan fingerprint density at radius 3 is 2.71 bits per heavy atom. The van der Waals surface area contributed by atoms with Crippen LogP contribution in [0.5, 0.6) is 0 Å². The number of fused-ring (bicyclic) bond motifs is 1. The second-order valence-electron chi connectivity index (χ2n) is 4.67. The Hall–Kier alpha value is -1.72. The Morgan fingerprint density at radius 2 is 1.95 bits per heavy atom. The molecule has 0 fully saturated rings. The summed E-state index contributed by atoms with van der Waals surface area (Å²) in [6, 6.07) is 6.60. The first-order chi connectivity index (χ1) is 9.95. The smallest absolute Gasteiger partial charge is 0.147 e. The topological polar surface area (TPSA) is 51.8 Å². The normalized spacial score (nSPS) is 11.0. The second-order valence-corrected chi connectivity index (χ2v) is 5.92. The van der Waals surface area contributed by atoms with Crippen molar-refractivity contribution >= 4 is 44.1 Å². The first-order valence-corrected chi connectivity index (χ1v) is 7.30. The summed E-state index contributed by atoms with van der Waals surface area (Å²) >= 11 is 9.24. The van der Waals surface area contributed by atoms with Crippen molar-refractivity contribution in [3.05, 3.63) is 51.6 Å². The molecule has 0 radical (unpaired) electrons. The third-order valence-electron chi connectivity index (χ3n) is 3.23. The monoisotopic (exact) mass is 365 g/mol. The molecule has 106 valence electrons. The highest BCUT2D eigenvalue weighted by Gasteiger charge is 2.12.